The zero-order valence-corrected chi connectivity index (χ0v) is 19.3. The van der Waals surface area contributed by atoms with Crippen molar-refractivity contribution in [2.24, 2.45) is 5.92 Å². The highest BCUT2D eigenvalue weighted by Gasteiger charge is 2.32. The Balaban J connectivity index is 1.81. The van der Waals surface area contributed by atoms with Crippen LogP contribution in [0.3, 0.4) is 0 Å². The van der Waals surface area contributed by atoms with Gasteiger partial charge in [-0.1, -0.05) is 61.0 Å². The van der Waals surface area contributed by atoms with Crippen LogP contribution in [-0.4, -0.2) is 60.2 Å². The van der Waals surface area contributed by atoms with Gasteiger partial charge >= 0.3 is 0 Å². The quantitative estimate of drug-likeness (QED) is 0.727. The highest BCUT2D eigenvalue weighted by molar-refractivity contribution is 5.85. The number of benzene rings is 2. The molecule has 1 aliphatic rings. The topological polar surface area (TPSA) is 69.7 Å². The molecule has 6 nitrogen and oxygen atoms in total. The Labute approximate surface area is 190 Å². The van der Waals surface area contributed by atoms with E-state index in [2.05, 4.69) is 49.5 Å². The second kappa shape index (κ2) is 10.9. The van der Waals surface area contributed by atoms with Crippen LogP contribution in [0.25, 0.3) is 11.1 Å². The van der Waals surface area contributed by atoms with Crippen molar-refractivity contribution in [1.29, 1.82) is 0 Å². The van der Waals surface area contributed by atoms with Crippen LogP contribution in [0.4, 0.5) is 0 Å². The van der Waals surface area contributed by atoms with Gasteiger partial charge in [0.05, 0.1) is 12.5 Å². The molecule has 1 heterocycles. The van der Waals surface area contributed by atoms with E-state index in [1.54, 1.807) is 4.90 Å². The van der Waals surface area contributed by atoms with Gasteiger partial charge in [-0.05, 0) is 36.5 Å². The van der Waals surface area contributed by atoms with E-state index in [9.17, 15) is 14.4 Å². The largest absolute Gasteiger partial charge is 0.347 e. The van der Waals surface area contributed by atoms with E-state index in [4.69, 9.17) is 0 Å². The van der Waals surface area contributed by atoms with Gasteiger partial charge in [0.2, 0.25) is 17.7 Å². The molecule has 3 amide bonds. The number of amides is 3. The van der Waals surface area contributed by atoms with Gasteiger partial charge in [-0.3, -0.25) is 14.4 Å². The number of carbonyl (C=O) groups is 3. The zero-order chi connectivity index (χ0) is 23.1. The Kier molecular flexibility index (Phi) is 8.03. The Hall–Kier alpha value is -3.15. The number of hydrogen-bond donors (Lipinski definition) is 1. The highest BCUT2D eigenvalue weighted by atomic mass is 16.2. The maximum atomic E-state index is 13.3. The fourth-order valence-corrected chi connectivity index (χ4v) is 4.21. The number of carbonyl (C=O) groups excluding carboxylic acids is 3. The van der Waals surface area contributed by atoms with Crippen LogP contribution in [0.5, 0.6) is 0 Å². The number of nitrogens with one attached hydrogen (secondary N) is 1. The molecule has 0 bridgehead atoms. The third-order valence-electron chi connectivity index (χ3n) is 5.84. The summed E-state index contributed by atoms with van der Waals surface area (Å²) in [7, 11) is 0. The van der Waals surface area contributed by atoms with Crippen molar-refractivity contribution in [2.75, 3.05) is 32.7 Å². The molecule has 1 fully saturated rings. The molecule has 1 atom stereocenters. The fraction of sp³-hybridized carbons (Fsp3) is 0.423. The second-order valence-electron chi connectivity index (χ2n) is 8.55. The molecule has 0 saturated carbocycles. The molecule has 1 aliphatic heterocycles. The Morgan fingerprint density at radius 1 is 1.06 bits per heavy atom. The highest BCUT2D eigenvalue weighted by Crippen LogP contribution is 2.24. The Morgan fingerprint density at radius 2 is 1.78 bits per heavy atom. The van der Waals surface area contributed by atoms with E-state index in [1.165, 1.54) is 12.5 Å². The van der Waals surface area contributed by atoms with Gasteiger partial charge in [-0.15, -0.1) is 0 Å². The molecule has 3 rings (SSSR count). The number of hydrogen-bond acceptors (Lipinski definition) is 3. The van der Waals surface area contributed by atoms with Crippen LogP contribution in [0, 0.1) is 12.8 Å². The standard InChI is InChI=1S/C26H33N3O3/c1-4-11-28-12-13-29(25(31)17-27-20(3)30)18-24(26(28)32)16-21-8-6-10-23(15-21)22-9-5-7-19(2)14-22/h5-10,14-15,24H,4,11-13,16-18H2,1-3H3,(H,27,30). The third kappa shape index (κ3) is 6.19. The van der Waals surface area contributed by atoms with Gasteiger partial charge < -0.3 is 15.1 Å². The van der Waals surface area contributed by atoms with Gasteiger partial charge in [-0.25, -0.2) is 0 Å². The van der Waals surface area contributed by atoms with Crippen molar-refractivity contribution >= 4 is 17.7 Å². The van der Waals surface area contributed by atoms with E-state index in [0.29, 0.717) is 32.6 Å². The van der Waals surface area contributed by atoms with Gasteiger partial charge in [-0.2, -0.15) is 0 Å². The van der Waals surface area contributed by atoms with E-state index in [-0.39, 0.29) is 30.2 Å². The molecule has 6 heteroatoms. The summed E-state index contributed by atoms with van der Waals surface area (Å²) in [6, 6.07) is 16.7. The van der Waals surface area contributed by atoms with Gasteiger partial charge in [0.25, 0.3) is 0 Å². The molecule has 32 heavy (non-hydrogen) atoms. The van der Waals surface area contributed by atoms with Gasteiger partial charge in [0.1, 0.15) is 0 Å². The normalized spacial score (nSPS) is 16.6. The molecule has 0 aliphatic carbocycles. The van der Waals surface area contributed by atoms with Crippen molar-refractivity contribution in [3.63, 3.8) is 0 Å². The van der Waals surface area contributed by atoms with Crippen molar-refractivity contribution in [1.82, 2.24) is 15.1 Å². The predicted octanol–water partition coefficient (Wildman–Crippen LogP) is 3.04. The van der Waals surface area contributed by atoms with Gasteiger partial charge in [0.15, 0.2) is 0 Å². The molecule has 1 N–H and O–H groups in total. The minimum absolute atomic E-state index is 0.0349. The van der Waals surface area contributed by atoms with Crippen molar-refractivity contribution in [3.8, 4) is 11.1 Å². The van der Waals surface area contributed by atoms with Crippen LogP contribution in [0.1, 0.15) is 31.4 Å². The minimum atomic E-state index is -0.307. The summed E-state index contributed by atoms with van der Waals surface area (Å²) in [6.07, 6.45) is 1.45. The predicted molar refractivity (Wildman–Crippen MR) is 126 cm³/mol. The summed E-state index contributed by atoms with van der Waals surface area (Å²) in [5, 5.41) is 2.58. The van der Waals surface area contributed by atoms with Crippen molar-refractivity contribution in [3.05, 3.63) is 59.7 Å². The lowest BCUT2D eigenvalue weighted by Gasteiger charge is -2.24. The molecule has 1 saturated heterocycles. The first kappa shape index (κ1) is 23.5. The van der Waals surface area contributed by atoms with Crippen LogP contribution in [-0.2, 0) is 20.8 Å². The average Bonchev–Trinajstić information content (AvgIpc) is 2.92. The summed E-state index contributed by atoms with van der Waals surface area (Å²) < 4.78 is 0. The lowest BCUT2D eigenvalue weighted by Crippen LogP contribution is -2.42. The van der Waals surface area contributed by atoms with E-state index in [0.717, 1.165) is 23.1 Å². The first-order valence-corrected chi connectivity index (χ1v) is 11.3. The first-order chi connectivity index (χ1) is 15.4. The molecule has 0 aromatic heterocycles. The van der Waals surface area contributed by atoms with Crippen LogP contribution >= 0.6 is 0 Å². The first-order valence-electron chi connectivity index (χ1n) is 11.3. The Morgan fingerprint density at radius 3 is 2.47 bits per heavy atom. The average molecular weight is 436 g/mol. The van der Waals surface area contributed by atoms with E-state index in [1.807, 2.05) is 23.1 Å². The summed E-state index contributed by atoms with van der Waals surface area (Å²) in [6.45, 7) is 7.56. The molecule has 0 radical (unpaired) electrons. The lowest BCUT2D eigenvalue weighted by atomic mass is 9.94. The molecule has 2 aromatic rings. The zero-order valence-electron chi connectivity index (χ0n) is 19.3. The monoisotopic (exact) mass is 435 g/mol. The van der Waals surface area contributed by atoms with E-state index < -0.39 is 0 Å². The second-order valence-corrected chi connectivity index (χ2v) is 8.55. The van der Waals surface area contributed by atoms with Crippen molar-refractivity contribution in [2.45, 2.75) is 33.6 Å². The lowest BCUT2D eigenvalue weighted by molar-refractivity contribution is -0.135. The maximum Gasteiger partial charge on any atom is 0.242 e. The maximum absolute atomic E-state index is 13.3. The number of aryl methyl sites for hydroxylation is 1. The van der Waals surface area contributed by atoms with Crippen LogP contribution in [0.15, 0.2) is 48.5 Å². The third-order valence-corrected chi connectivity index (χ3v) is 5.84. The summed E-state index contributed by atoms with van der Waals surface area (Å²) in [5.74, 6) is -0.591. The Bertz CT molecular complexity index is 972. The van der Waals surface area contributed by atoms with Crippen LogP contribution < -0.4 is 5.32 Å². The molecule has 1 unspecified atom stereocenters. The molecular formula is C26H33N3O3. The number of nitrogens with zero attached hydrogens (tertiary/aromatic N) is 2. The van der Waals surface area contributed by atoms with Crippen LogP contribution in [0.2, 0.25) is 0 Å². The summed E-state index contributed by atoms with van der Waals surface area (Å²) in [4.78, 5) is 40.8. The number of rotatable bonds is 7. The molecule has 0 spiro atoms. The SMILES string of the molecule is CCCN1CCN(C(=O)CNC(C)=O)CC(Cc2cccc(-c3cccc(C)c3)c2)C1=O. The fourth-order valence-electron chi connectivity index (χ4n) is 4.21. The molecular weight excluding hydrogens is 402 g/mol. The summed E-state index contributed by atoms with van der Waals surface area (Å²) >= 11 is 0. The van der Waals surface area contributed by atoms with Crippen molar-refractivity contribution < 1.29 is 14.4 Å². The van der Waals surface area contributed by atoms with E-state index >= 15 is 0 Å². The van der Waals surface area contributed by atoms with Gasteiger partial charge in [0, 0.05) is 33.1 Å². The molecule has 170 valence electrons. The smallest absolute Gasteiger partial charge is 0.242 e. The minimum Gasteiger partial charge on any atom is -0.347 e. The molecule has 2 aromatic carbocycles. The summed E-state index contributed by atoms with van der Waals surface area (Å²) in [5.41, 5.74) is 4.56.